The molecule has 0 bridgehead atoms. The quantitative estimate of drug-likeness (QED) is 0.693. The van der Waals surface area contributed by atoms with Gasteiger partial charge in [-0.15, -0.1) is 0 Å². The number of hydrogen-bond acceptors (Lipinski definition) is 7. The van der Waals surface area contributed by atoms with Crippen LogP contribution in [-0.2, 0) is 0 Å². The maximum Gasteiger partial charge on any atom is 0.280 e. The molecule has 124 valence electrons. The number of piperidine rings is 1. The van der Waals surface area contributed by atoms with E-state index in [1.165, 1.54) is 0 Å². The number of aromatic nitrogens is 2. The van der Waals surface area contributed by atoms with Gasteiger partial charge in [-0.25, -0.2) is 4.63 Å². The SMILES string of the molecule is Nc1nonc1C(=O)N1CCC2(CC1)NC(=O)c1ccccc1N2. The predicted octanol–water partition coefficient (Wildman–Crippen LogP) is 0.440. The van der Waals surface area contributed by atoms with Gasteiger partial charge < -0.3 is 21.3 Å². The monoisotopic (exact) mass is 328 g/mol. The van der Waals surface area contributed by atoms with Gasteiger partial charge in [-0.3, -0.25) is 9.59 Å². The predicted molar refractivity (Wildman–Crippen MR) is 84.1 cm³/mol. The third-order valence-corrected chi connectivity index (χ3v) is 4.52. The van der Waals surface area contributed by atoms with E-state index in [9.17, 15) is 9.59 Å². The summed E-state index contributed by atoms with van der Waals surface area (Å²) in [6.45, 7) is 0.918. The average molecular weight is 328 g/mol. The van der Waals surface area contributed by atoms with Crippen molar-refractivity contribution in [1.82, 2.24) is 20.5 Å². The molecule has 1 saturated heterocycles. The summed E-state index contributed by atoms with van der Waals surface area (Å²) in [5, 5.41) is 13.4. The van der Waals surface area contributed by atoms with E-state index in [2.05, 4.69) is 25.6 Å². The second kappa shape index (κ2) is 5.22. The number of carbonyl (C=O) groups excluding carboxylic acids is 2. The van der Waals surface area contributed by atoms with Crippen LogP contribution in [0.5, 0.6) is 0 Å². The van der Waals surface area contributed by atoms with E-state index in [0.717, 1.165) is 5.69 Å². The van der Waals surface area contributed by atoms with Gasteiger partial charge in [-0.1, -0.05) is 12.1 Å². The second-order valence-electron chi connectivity index (χ2n) is 6.00. The lowest BCUT2D eigenvalue weighted by Crippen LogP contribution is -2.62. The first-order chi connectivity index (χ1) is 11.6. The van der Waals surface area contributed by atoms with Gasteiger partial charge in [0.1, 0.15) is 5.66 Å². The minimum absolute atomic E-state index is 0.0155. The fourth-order valence-electron chi connectivity index (χ4n) is 3.20. The number of fused-ring (bicyclic) bond motifs is 1. The Kier molecular flexibility index (Phi) is 3.15. The van der Waals surface area contributed by atoms with Crippen molar-refractivity contribution in [2.24, 2.45) is 0 Å². The smallest absolute Gasteiger partial charge is 0.280 e. The summed E-state index contributed by atoms with van der Waals surface area (Å²) < 4.78 is 4.48. The van der Waals surface area contributed by atoms with Crippen molar-refractivity contribution < 1.29 is 14.2 Å². The summed E-state index contributed by atoms with van der Waals surface area (Å²) in [4.78, 5) is 26.4. The molecule has 4 rings (SSSR count). The van der Waals surface area contributed by atoms with E-state index >= 15 is 0 Å². The molecule has 2 aliphatic heterocycles. The van der Waals surface area contributed by atoms with Crippen LogP contribution in [0.1, 0.15) is 33.7 Å². The zero-order valence-corrected chi connectivity index (χ0v) is 12.8. The Balaban J connectivity index is 1.50. The average Bonchev–Trinajstić information content (AvgIpc) is 3.01. The number of hydrogen-bond donors (Lipinski definition) is 3. The Morgan fingerprint density at radius 3 is 2.67 bits per heavy atom. The molecule has 1 spiro atoms. The summed E-state index contributed by atoms with van der Waals surface area (Å²) in [6.07, 6.45) is 1.15. The molecule has 9 heteroatoms. The highest BCUT2D eigenvalue weighted by molar-refractivity contribution is 6.02. The molecule has 2 amide bonds. The number of nitrogens with zero attached hydrogens (tertiary/aromatic N) is 3. The molecule has 1 aromatic carbocycles. The van der Waals surface area contributed by atoms with Crippen molar-refractivity contribution in [2.45, 2.75) is 18.5 Å². The van der Waals surface area contributed by atoms with Gasteiger partial charge in [0.05, 0.1) is 5.56 Å². The number of rotatable bonds is 1. The Morgan fingerprint density at radius 1 is 1.21 bits per heavy atom. The van der Waals surface area contributed by atoms with Gasteiger partial charge in [0.15, 0.2) is 0 Å². The lowest BCUT2D eigenvalue weighted by Gasteiger charge is -2.45. The molecule has 24 heavy (non-hydrogen) atoms. The van der Waals surface area contributed by atoms with E-state index in [0.29, 0.717) is 31.5 Å². The molecule has 1 fully saturated rings. The van der Waals surface area contributed by atoms with E-state index in [1.807, 2.05) is 18.2 Å². The minimum Gasteiger partial charge on any atom is -0.379 e. The molecule has 0 aliphatic carbocycles. The largest absolute Gasteiger partial charge is 0.379 e. The highest BCUT2D eigenvalue weighted by Gasteiger charge is 2.41. The molecular formula is C15H16N6O3. The summed E-state index contributed by atoms with van der Waals surface area (Å²) >= 11 is 0. The standard InChI is InChI=1S/C15H16N6O3/c16-12-11(19-24-20-12)14(23)21-7-5-15(6-8-21)17-10-4-2-1-3-9(10)13(22)18-15/h1-4,17H,5-8H2,(H2,16,20)(H,18,22). The number of anilines is 2. The summed E-state index contributed by atoms with van der Waals surface area (Å²) in [7, 11) is 0. The summed E-state index contributed by atoms with van der Waals surface area (Å²) in [5.41, 5.74) is 6.49. The van der Waals surface area contributed by atoms with E-state index < -0.39 is 5.66 Å². The zero-order valence-electron chi connectivity index (χ0n) is 12.8. The van der Waals surface area contributed by atoms with Crippen molar-refractivity contribution in [3.63, 3.8) is 0 Å². The number of likely N-dealkylation sites (tertiary alicyclic amines) is 1. The van der Waals surface area contributed by atoms with Crippen molar-refractivity contribution in [3.8, 4) is 0 Å². The third-order valence-electron chi connectivity index (χ3n) is 4.52. The van der Waals surface area contributed by atoms with Crippen molar-refractivity contribution in [2.75, 3.05) is 24.1 Å². The molecule has 4 N–H and O–H groups in total. The van der Waals surface area contributed by atoms with Gasteiger partial charge in [0.25, 0.3) is 11.8 Å². The molecule has 2 aliphatic rings. The maximum atomic E-state index is 12.4. The molecule has 9 nitrogen and oxygen atoms in total. The number of nitrogen functional groups attached to an aromatic ring is 1. The van der Waals surface area contributed by atoms with Crippen molar-refractivity contribution >= 4 is 23.3 Å². The van der Waals surface area contributed by atoms with Crippen LogP contribution in [0.25, 0.3) is 0 Å². The summed E-state index contributed by atoms with van der Waals surface area (Å²) in [5.74, 6) is -0.432. The topological polar surface area (TPSA) is 126 Å². The number of amides is 2. The fraction of sp³-hybridized carbons (Fsp3) is 0.333. The first-order valence-corrected chi connectivity index (χ1v) is 7.65. The van der Waals surface area contributed by atoms with Crippen LogP contribution in [0, 0.1) is 0 Å². The molecule has 3 heterocycles. The summed E-state index contributed by atoms with van der Waals surface area (Å²) in [6, 6.07) is 7.38. The van der Waals surface area contributed by atoms with Crippen LogP contribution >= 0.6 is 0 Å². The molecule has 1 aromatic heterocycles. The van der Waals surface area contributed by atoms with Crippen LogP contribution in [-0.4, -0.2) is 45.8 Å². The first kappa shape index (κ1) is 14.5. The highest BCUT2D eigenvalue weighted by atomic mass is 16.6. The molecule has 2 aromatic rings. The zero-order chi connectivity index (χ0) is 16.7. The highest BCUT2D eigenvalue weighted by Crippen LogP contribution is 2.31. The van der Waals surface area contributed by atoms with Gasteiger partial charge in [-0.2, -0.15) is 0 Å². The van der Waals surface area contributed by atoms with Crippen molar-refractivity contribution in [1.29, 1.82) is 0 Å². The number of nitrogens with two attached hydrogens (primary N) is 1. The van der Waals surface area contributed by atoms with Crippen molar-refractivity contribution in [3.05, 3.63) is 35.5 Å². The van der Waals surface area contributed by atoms with E-state index in [4.69, 9.17) is 5.73 Å². The number of para-hydroxylation sites is 1. The Bertz CT molecular complexity index is 809. The molecule has 0 radical (unpaired) electrons. The fourth-order valence-corrected chi connectivity index (χ4v) is 3.20. The molecule has 0 saturated carbocycles. The van der Waals surface area contributed by atoms with Crippen LogP contribution in [0.4, 0.5) is 11.5 Å². The van der Waals surface area contributed by atoms with Gasteiger partial charge in [-0.05, 0) is 22.4 Å². The Hall–Kier alpha value is -3.10. The Labute approximate surface area is 137 Å². The van der Waals surface area contributed by atoms with E-state index in [-0.39, 0.29) is 23.3 Å². The molecular weight excluding hydrogens is 312 g/mol. The van der Waals surface area contributed by atoms with Crippen LogP contribution in [0.2, 0.25) is 0 Å². The lowest BCUT2D eigenvalue weighted by atomic mass is 9.92. The second-order valence-corrected chi connectivity index (χ2v) is 6.00. The van der Waals surface area contributed by atoms with Crippen LogP contribution in [0.15, 0.2) is 28.9 Å². The lowest BCUT2D eigenvalue weighted by molar-refractivity contribution is 0.0631. The molecule has 0 unspecified atom stereocenters. The number of carbonyl (C=O) groups is 2. The third kappa shape index (κ3) is 2.25. The first-order valence-electron chi connectivity index (χ1n) is 7.65. The molecule has 0 atom stereocenters. The van der Waals surface area contributed by atoms with Gasteiger partial charge in [0, 0.05) is 31.6 Å². The van der Waals surface area contributed by atoms with Crippen LogP contribution in [0.3, 0.4) is 0 Å². The van der Waals surface area contributed by atoms with Crippen LogP contribution < -0.4 is 16.4 Å². The minimum atomic E-state index is -0.546. The number of nitrogens with one attached hydrogen (secondary N) is 2. The van der Waals surface area contributed by atoms with Gasteiger partial charge >= 0.3 is 0 Å². The van der Waals surface area contributed by atoms with E-state index in [1.54, 1.807) is 11.0 Å². The maximum absolute atomic E-state index is 12.4. The van der Waals surface area contributed by atoms with Gasteiger partial charge in [0.2, 0.25) is 11.5 Å². The normalized spacial score (nSPS) is 18.7. The number of benzene rings is 1. The Morgan fingerprint density at radius 2 is 1.96 bits per heavy atom.